The second-order valence-electron chi connectivity index (χ2n) is 3.53. The molecule has 2 rings (SSSR count). The fourth-order valence-electron chi connectivity index (χ4n) is 1.37. The summed E-state index contributed by atoms with van der Waals surface area (Å²) in [5, 5.41) is 24.0. The molecule has 0 aliphatic rings. The monoisotopic (exact) mass is 308 g/mol. The summed E-state index contributed by atoms with van der Waals surface area (Å²) in [6.07, 6.45) is 0. The summed E-state index contributed by atoms with van der Waals surface area (Å²) in [6, 6.07) is 5.05. The zero-order valence-electron chi connectivity index (χ0n) is 9.95. The van der Waals surface area contributed by atoms with Crippen molar-refractivity contribution in [3.05, 3.63) is 33.3 Å². The standard InChI is InChI=1S/C12H8N2O4S2/c13-5-7-1-3-20-11(7)14-9(15)6-18-8-2-4-19-10(8)12(16)17/h1-4H,6H2,(H,14,15)(H,16,17). The molecule has 0 spiro atoms. The van der Waals surface area contributed by atoms with Crippen LogP contribution in [0.25, 0.3) is 0 Å². The van der Waals surface area contributed by atoms with Crippen LogP contribution in [-0.2, 0) is 4.79 Å². The Morgan fingerprint density at radius 3 is 2.80 bits per heavy atom. The number of carboxylic acids is 1. The number of hydrogen-bond donors (Lipinski definition) is 2. The van der Waals surface area contributed by atoms with Crippen LogP contribution in [0.15, 0.2) is 22.9 Å². The molecule has 0 atom stereocenters. The van der Waals surface area contributed by atoms with E-state index < -0.39 is 11.9 Å². The molecule has 0 radical (unpaired) electrons. The maximum Gasteiger partial charge on any atom is 0.349 e. The summed E-state index contributed by atoms with van der Waals surface area (Å²) < 4.78 is 5.16. The van der Waals surface area contributed by atoms with E-state index in [1.807, 2.05) is 6.07 Å². The Morgan fingerprint density at radius 2 is 2.10 bits per heavy atom. The van der Waals surface area contributed by atoms with E-state index >= 15 is 0 Å². The van der Waals surface area contributed by atoms with Crippen LogP contribution in [0, 0.1) is 11.3 Å². The highest BCUT2D eigenvalue weighted by Crippen LogP contribution is 2.25. The minimum Gasteiger partial charge on any atom is -0.482 e. The molecule has 102 valence electrons. The van der Waals surface area contributed by atoms with Crippen molar-refractivity contribution in [2.24, 2.45) is 0 Å². The molecule has 0 fully saturated rings. The summed E-state index contributed by atoms with van der Waals surface area (Å²) in [5.41, 5.74) is 0.380. The Hall–Kier alpha value is -2.37. The smallest absolute Gasteiger partial charge is 0.349 e. The lowest BCUT2D eigenvalue weighted by Crippen LogP contribution is -2.20. The van der Waals surface area contributed by atoms with Gasteiger partial charge in [0, 0.05) is 0 Å². The third kappa shape index (κ3) is 3.14. The molecule has 8 heteroatoms. The van der Waals surface area contributed by atoms with Crippen molar-refractivity contribution in [2.45, 2.75) is 0 Å². The summed E-state index contributed by atoms with van der Waals surface area (Å²) in [6.45, 7) is -0.320. The number of anilines is 1. The first kappa shape index (κ1) is 14.0. The molecule has 1 amide bonds. The average Bonchev–Trinajstić information content (AvgIpc) is 3.04. The number of ether oxygens (including phenoxy) is 1. The first-order chi connectivity index (χ1) is 9.61. The third-order valence-electron chi connectivity index (χ3n) is 2.22. The Bertz CT molecular complexity index is 684. The number of nitriles is 1. The minimum absolute atomic E-state index is 0.0478. The molecule has 2 heterocycles. The highest BCUT2D eigenvalue weighted by atomic mass is 32.1. The molecule has 0 saturated heterocycles. The van der Waals surface area contributed by atoms with Crippen LogP contribution in [0.2, 0.25) is 0 Å². The fraction of sp³-hybridized carbons (Fsp3) is 0.0833. The van der Waals surface area contributed by atoms with Gasteiger partial charge < -0.3 is 15.2 Å². The first-order valence-corrected chi connectivity index (χ1v) is 7.08. The zero-order valence-corrected chi connectivity index (χ0v) is 11.6. The highest BCUT2D eigenvalue weighted by molar-refractivity contribution is 7.14. The number of nitrogens with one attached hydrogen (secondary N) is 1. The molecule has 0 saturated carbocycles. The molecule has 6 nitrogen and oxygen atoms in total. The Morgan fingerprint density at radius 1 is 1.35 bits per heavy atom. The van der Waals surface area contributed by atoms with Crippen molar-refractivity contribution in [3.63, 3.8) is 0 Å². The van der Waals surface area contributed by atoms with Crippen LogP contribution in [0.5, 0.6) is 5.75 Å². The van der Waals surface area contributed by atoms with Gasteiger partial charge >= 0.3 is 5.97 Å². The number of rotatable bonds is 5. The van der Waals surface area contributed by atoms with Gasteiger partial charge in [-0.1, -0.05) is 0 Å². The van der Waals surface area contributed by atoms with Crippen LogP contribution in [0.3, 0.4) is 0 Å². The third-order valence-corrected chi connectivity index (χ3v) is 3.93. The van der Waals surface area contributed by atoms with Crippen molar-refractivity contribution in [1.82, 2.24) is 0 Å². The van der Waals surface area contributed by atoms with E-state index in [-0.39, 0.29) is 17.2 Å². The number of carbonyl (C=O) groups is 2. The Balaban J connectivity index is 1.94. The lowest BCUT2D eigenvalue weighted by Gasteiger charge is -2.05. The second-order valence-corrected chi connectivity index (χ2v) is 5.36. The van der Waals surface area contributed by atoms with E-state index in [4.69, 9.17) is 15.1 Å². The van der Waals surface area contributed by atoms with Gasteiger partial charge in [0.15, 0.2) is 11.5 Å². The zero-order chi connectivity index (χ0) is 14.5. The average molecular weight is 308 g/mol. The summed E-state index contributed by atoms with van der Waals surface area (Å²) in [4.78, 5) is 22.6. The summed E-state index contributed by atoms with van der Waals surface area (Å²) in [5.74, 6) is -1.39. The quantitative estimate of drug-likeness (QED) is 0.883. The van der Waals surface area contributed by atoms with E-state index in [0.717, 1.165) is 11.3 Å². The molecule has 2 N–H and O–H groups in total. The SMILES string of the molecule is N#Cc1ccsc1NC(=O)COc1ccsc1C(=O)O. The van der Waals surface area contributed by atoms with Gasteiger partial charge in [-0.3, -0.25) is 4.79 Å². The Kier molecular flexibility index (Phi) is 4.34. The molecular formula is C12H8N2O4S2. The van der Waals surface area contributed by atoms with Crippen molar-refractivity contribution in [1.29, 1.82) is 5.26 Å². The van der Waals surface area contributed by atoms with Gasteiger partial charge in [0.2, 0.25) is 0 Å². The predicted molar refractivity (Wildman–Crippen MR) is 74.4 cm³/mol. The van der Waals surface area contributed by atoms with Crippen LogP contribution >= 0.6 is 22.7 Å². The predicted octanol–water partition coefficient (Wildman–Crippen LogP) is 2.40. The Labute approximate surface area is 121 Å². The van der Waals surface area contributed by atoms with Gasteiger partial charge in [-0.05, 0) is 22.9 Å². The molecule has 0 aliphatic carbocycles. The molecule has 0 bridgehead atoms. The summed E-state index contributed by atoms with van der Waals surface area (Å²) >= 11 is 2.26. The van der Waals surface area contributed by atoms with Crippen LogP contribution in [0.1, 0.15) is 15.2 Å². The lowest BCUT2D eigenvalue weighted by molar-refractivity contribution is -0.118. The van der Waals surface area contributed by atoms with E-state index in [9.17, 15) is 9.59 Å². The van der Waals surface area contributed by atoms with Gasteiger partial charge in [0.05, 0.1) is 5.56 Å². The van der Waals surface area contributed by atoms with Crippen molar-refractivity contribution in [3.8, 4) is 11.8 Å². The van der Waals surface area contributed by atoms with Gasteiger partial charge in [-0.15, -0.1) is 22.7 Å². The molecule has 2 aromatic heterocycles. The van der Waals surface area contributed by atoms with Crippen molar-refractivity contribution in [2.75, 3.05) is 11.9 Å². The largest absolute Gasteiger partial charge is 0.482 e. The molecule has 2 aromatic rings. The second kappa shape index (κ2) is 6.18. The number of amides is 1. The van der Waals surface area contributed by atoms with E-state index in [1.54, 1.807) is 16.8 Å². The molecular weight excluding hydrogens is 300 g/mol. The molecule has 0 unspecified atom stereocenters. The topological polar surface area (TPSA) is 99.4 Å². The van der Waals surface area contributed by atoms with E-state index in [1.165, 1.54) is 17.4 Å². The summed E-state index contributed by atoms with van der Waals surface area (Å²) in [7, 11) is 0. The van der Waals surface area contributed by atoms with Crippen LogP contribution < -0.4 is 10.1 Å². The van der Waals surface area contributed by atoms with E-state index in [2.05, 4.69) is 5.32 Å². The number of hydrogen-bond acceptors (Lipinski definition) is 6. The van der Waals surface area contributed by atoms with Crippen LogP contribution in [0.4, 0.5) is 5.00 Å². The fourth-order valence-corrected chi connectivity index (χ4v) is 2.79. The van der Waals surface area contributed by atoms with E-state index in [0.29, 0.717) is 10.6 Å². The number of thiophene rings is 2. The van der Waals surface area contributed by atoms with Gasteiger partial charge in [0.1, 0.15) is 16.8 Å². The highest BCUT2D eigenvalue weighted by Gasteiger charge is 2.15. The number of carbonyl (C=O) groups excluding carboxylic acids is 1. The normalized spacial score (nSPS) is 9.75. The van der Waals surface area contributed by atoms with Gasteiger partial charge in [-0.25, -0.2) is 4.79 Å². The first-order valence-electron chi connectivity index (χ1n) is 5.33. The molecule has 20 heavy (non-hydrogen) atoms. The lowest BCUT2D eigenvalue weighted by atomic mass is 10.3. The number of aromatic carboxylic acids is 1. The maximum absolute atomic E-state index is 11.7. The number of carboxylic acid groups (broad SMARTS) is 1. The maximum atomic E-state index is 11.7. The minimum atomic E-state index is -1.10. The molecule has 0 aromatic carbocycles. The van der Waals surface area contributed by atoms with Crippen molar-refractivity contribution < 1.29 is 19.4 Å². The number of nitrogens with zero attached hydrogens (tertiary/aromatic N) is 1. The van der Waals surface area contributed by atoms with Gasteiger partial charge in [-0.2, -0.15) is 5.26 Å². The molecule has 0 aliphatic heterocycles. The van der Waals surface area contributed by atoms with Crippen molar-refractivity contribution >= 4 is 39.6 Å². The van der Waals surface area contributed by atoms with Crippen LogP contribution in [-0.4, -0.2) is 23.6 Å². The van der Waals surface area contributed by atoms with Gasteiger partial charge in [0.25, 0.3) is 5.91 Å².